The van der Waals surface area contributed by atoms with Crippen LogP contribution in [0.15, 0.2) is 12.1 Å². The molecule has 0 fully saturated rings. The topological polar surface area (TPSA) is 35.2 Å². The number of methoxy groups -OCH3 is 1. The second-order valence-electron chi connectivity index (χ2n) is 3.16. The number of halogens is 2. The summed E-state index contributed by atoms with van der Waals surface area (Å²) in [5.74, 6) is 6.51. The van der Waals surface area contributed by atoms with Gasteiger partial charge in [-0.05, 0) is 19.0 Å². The molecule has 0 saturated heterocycles. The normalized spacial score (nSPS) is 9.50. The summed E-state index contributed by atoms with van der Waals surface area (Å²) in [5.41, 5.74) is 6.08. The lowest BCUT2D eigenvalue weighted by atomic mass is 10.2. The van der Waals surface area contributed by atoms with E-state index in [1.807, 2.05) is 0 Å². The average Bonchev–Trinajstić information content (AvgIpc) is 2.28. The molecule has 16 heavy (non-hydrogen) atoms. The molecule has 0 spiro atoms. The molecule has 0 bridgehead atoms. The Kier molecular flexibility index (Phi) is 5.48. The SMILES string of the molecule is COc1cc(Cl)c(C#CCCCN)cc1Cl. The third-order valence-electron chi connectivity index (χ3n) is 1.97. The zero-order chi connectivity index (χ0) is 12.0. The Labute approximate surface area is 106 Å². The largest absolute Gasteiger partial charge is 0.495 e. The van der Waals surface area contributed by atoms with Gasteiger partial charge in [0.1, 0.15) is 5.75 Å². The van der Waals surface area contributed by atoms with Crippen molar-refractivity contribution in [1.82, 2.24) is 0 Å². The number of nitrogens with two attached hydrogens (primary N) is 1. The molecule has 1 aromatic rings. The number of unbranched alkanes of at least 4 members (excludes halogenated alkanes) is 1. The first-order valence-electron chi connectivity index (χ1n) is 4.91. The lowest BCUT2D eigenvalue weighted by Crippen LogP contribution is -1.96. The van der Waals surface area contributed by atoms with E-state index in [1.54, 1.807) is 19.2 Å². The molecule has 2 nitrogen and oxygen atoms in total. The molecule has 0 unspecified atom stereocenters. The quantitative estimate of drug-likeness (QED) is 0.667. The Morgan fingerprint density at radius 3 is 2.69 bits per heavy atom. The first-order valence-corrected chi connectivity index (χ1v) is 5.66. The maximum atomic E-state index is 6.03. The summed E-state index contributed by atoms with van der Waals surface area (Å²) in [4.78, 5) is 0. The molecule has 0 amide bonds. The van der Waals surface area contributed by atoms with Crippen molar-refractivity contribution in [3.05, 3.63) is 27.7 Å². The van der Waals surface area contributed by atoms with Crippen LogP contribution in [-0.2, 0) is 0 Å². The van der Waals surface area contributed by atoms with Gasteiger partial charge in [-0.25, -0.2) is 0 Å². The van der Waals surface area contributed by atoms with Crippen LogP contribution >= 0.6 is 23.2 Å². The minimum absolute atomic E-state index is 0.509. The van der Waals surface area contributed by atoms with Crippen LogP contribution in [0.4, 0.5) is 0 Å². The van der Waals surface area contributed by atoms with E-state index < -0.39 is 0 Å². The van der Waals surface area contributed by atoms with Crippen molar-refractivity contribution in [2.75, 3.05) is 13.7 Å². The molecule has 0 saturated carbocycles. The van der Waals surface area contributed by atoms with Gasteiger partial charge in [0.25, 0.3) is 0 Å². The molecule has 0 heterocycles. The minimum atomic E-state index is 0.509. The fourth-order valence-corrected chi connectivity index (χ4v) is 1.57. The fraction of sp³-hybridized carbons (Fsp3) is 0.333. The van der Waals surface area contributed by atoms with Gasteiger partial charge in [-0.2, -0.15) is 0 Å². The van der Waals surface area contributed by atoms with Crippen molar-refractivity contribution < 1.29 is 4.74 Å². The van der Waals surface area contributed by atoms with E-state index in [-0.39, 0.29) is 0 Å². The van der Waals surface area contributed by atoms with Gasteiger partial charge in [-0.15, -0.1) is 0 Å². The smallest absolute Gasteiger partial charge is 0.139 e. The van der Waals surface area contributed by atoms with Gasteiger partial charge in [-0.3, -0.25) is 0 Å². The van der Waals surface area contributed by atoms with Crippen LogP contribution in [0.25, 0.3) is 0 Å². The summed E-state index contributed by atoms with van der Waals surface area (Å²) in [6, 6.07) is 3.37. The van der Waals surface area contributed by atoms with Crippen molar-refractivity contribution in [3.8, 4) is 17.6 Å². The molecule has 0 radical (unpaired) electrons. The van der Waals surface area contributed by atoms with E-state index in [9.17, 15) is 0 Å². The summed E-state index contributed by atoms with van der Waals surface area (Å²) >= 11 is 12.0. The second kappa shape index (κ2) is 6.65. The van der Waals surface area contributed by atoms with E-state index in [0.717, 1.165) is 12.8 Å². The van der Waals surface area contributed by atoms with Crippen LogP contribution in [0.1, 0.15) is 18.4 Å². The van der Waals surface area contributed by atoms with Gasteiger partial charge in [0, 0.05) is 18.1 Å². The molecule has 0 atom stereocenters. The fourth-order valence-electron chi connectivity index (χ4n) is 1.13. The van der Waals surface area contributed by atoms with E-state index >= 15 is 0 Å². The van der Waals surface area contributed by atoms with Crippen LogP contribution in [-0.4, -0.2) is 13.7 Å². The number of ether oxygens (including phenoxy) is 1. The van der Waals surface area contributed by atoms with E-state index in [1.165, 1.54) is 0 Å². The Morgan fingerprint density at radius 1 is 1.31 bits per heavy atom. The summed E-state index contributed by atoms with van der Waals surface area (Å²) in [7, 11) is 1.55. The third-order valence-corrected chi connectivity index (χ3v) is 2.58. The molecule has 1 aromatic carbocycles. The van der Waals surface area contributed by atoms with Gasteiger partial charge in [-0.1, -0.05) is 35.0 Å². The van der Waals surface area contributed by atoms with Crippen molar-refractivity contribution >= 4 is 23.2 Å². The first-order chi connectivity index (χ1) is 7.69. The Balaban J connectivity index is 2.87. The molecule has 0 aliphatic carbocycles. The van der Waals surface area contributed by atoms with Crippen LogP contribution in [0.5, 0.6) is 5.75 Å². The Bertz CT molecular complexity index is 421. The van der Waals surface area contributed by atoms with Gasteiger partial charge >= 0.3 is 0 Å². The maximum Gasteiger partial charge on any atom is 0.139 e. The number of benzene rings is 1. The molecule has 2 N–H and O–H groups in total. The highest BCUT2D eigenvalue weighted by Gasteiger charge is 2.05. The van der Waals surface area contributed by atoms with E-state index in [4.69, 9.17) is 33.7 Å². The van der Waals surface area contributed by atoms with Crippen molar-refractivity contribution in [2.24, 2.45) is 5.73 Å². The molecule has 86 valence electrons. The highest BCUT2D eigenvalue weighted by atomic mass is 35.5. The zero-order valence-electron chi connectivity index (χ0n) is 9.02. The molecular weight excluding hydrogens is 245 g/mol. The molecule has 1 rings (SSSR count). The molecular formula is C12H13Cl2NO. The molecule has 0 aromatic heterocycles. The summed E-state index contributed by atoms with van der Waals surface area (Å²) in [6.45, 7) is 0.645. The maximum absolute atomic E-state index is 6.03. The molecule has 4 heteroatoms. The van der Waals surface area contributed by atoms with Crippen LogP contribution < -0.4 is 10.5 Å². The number of rotatable bonds is 3. The Hall–Kier alpha value is -0.880. The zero-order valence-corrected chi connectivity index (χ0v) is 10.5. The molecule has 0 aliphatic heterocycles. The lowest BCUT2D eigenvalue weighted by Gasteiger charge is -2.04. The third kappa shape index (κ3) is 3.61. The predicted molar refractivity (Wildman–Crippen MR) is 68.2 cm³/mol. The minimum Gasteiger partial charge on any atom is -0.495 e. The van der Waals surface area contributed by atoms with Crippen LogP contribution in [0.2, 0.25) is 10.0 Å². The highest BCUT2D eigenvalue weighted by molar-refractivity contribution is 6.35. The van der Waals surface area contributed by atoms with Crippen LogP contribution in [0.3, 0.4) is 0 Å². The molecule has 0 aliphatic rings. The number of hydrogen-bond acceptors (Lipinski definition) is 2. The van der Waals surface area contributed by atoms with E-state index in [2.05, 4.69) is 11.8 Å². The summed E-state index contributed by atoms with van der Waals surface area (Å²) in [6.07, 6.45) is 1.64. The standard InChI is InChI=1S/C12H13Cl2NO/c1-16-12-8-10(13)9(7-11(12)14)5-3-2-4-6-15/h7-8H,2,4,6,15H2,1H3. The van der Waals surface area contributed by atoms with Gasteiger partial charge in [0.15, 0.2) is 0 Å². The van der Waals surface area contributed by atoms with Crippen molar-refractivity contribution in [2.45, 2.75) is 12.8 Å². The van der Waals surface area contributed by atoms with Gasteiger partial charge < -0.3 is 10.5 Å². The van der Waals surface area contributed by atoms with Crippen LogP contribution in [0, 0.1) is 11.8 Å². The van der Waals surface area contributed by atoms with Gasteiger partial charge in [0.2, 0.25) is 0 Å². The predicted octanol–water partition coefficient (Wildman–Crippen LogP) is 3.09. The number of hydrogen-bond donors (Lipinski definition) is 1. The lowest BCUT2D eigenvalue weighted by molar-refractivity contribution is 0.415. The van der Waals surface area contributed by atoms with Gasteiger partial charge in [0.05, 0.1) is 17.2 Å². The van der Waals surface area contributed by atoms with Crippen molar-refractivity contribution in [3.63, 3.8) is 0 Å². The summed E-state index contributed by atoms with van der Waals surface area (Å²) < 4.78 is 5.04. The average molecular weight is 258 g/mol. The van der Waals surface area contributed by atoms with E-state index in [0.29, 0.717) is 27.9 Å². The van der Waals surface area contributed by atoms with Crippen molar-refractivity contribution in [1.29, 1.82) is 0 Å². The summed E-state index contributed by atoms with van der Waals surface area (Å²) in [5, 5.41) is 1.05. The monoisotopic (exact) mass is 257 g/mol. The highest BCUT2D eigenvalue weighted by Crippen LogP contribution is 2.30. The first kappa shape index (κ1) is 13.2. The Morgan fingerprint density at radius 2 is 2.06 bits per heavy atom. The second-order valence-corrected chi connectivity index (χ2v) is 3.98.